The van der Waals surface area contributed by atoms with Crippen molar-refractivity contribution < 1.29 is 14.7 Å². The maximum Gasteiger partial charge on any atom is 0.335 e. The maximum absolute atomic E-state index is 13.4. The fourth-order valence-corrected chi connectivity index (χ4v) is 5.74. The summed E-state index contributed by atoms with van der Waals surface area (Å²) in [7, 11) is 0. The molecule has 1 saturated carbocycles. The van der Waals surface area contributed by atoms with Gasteiger partial charge in [0.1, 0.15) is 5.82 Å². The average molecular weight is 524 g/mol. The van der Waals surface area contributed by atoms with Crippen LogP contribution in [-0.4, -0.2) is 26.5 Å². The first-order chi connectivity index (χ1) is 18.5. The molecule has 1 aliphatic rings. The molecule has 1 heterocycles. The Bertz CT molecular complexity index is 1700. The minimum Gasteiger partial charge on any atom is -0.478 e. The van der Waals surface area contributed by atoms with E-state index in [9.17, 15) is 14.7 Å². The number of imidazole rings is 1. The van der Waals surface area contributed by atoms with Crippen molar-refractivity contribution in [3.05, 3.63) is 95.0 Å². The molecule has 2 N–H and O–H groups in total. The Hall–Kier alpha value is -4.16. The van der Waals surface area contributed by atoms with Crippen molar-refractivity contribution >= 4 is 51.0 Å². The SMILES string of the molecule is O=C(O)c1ccc2c(c1)nc(-c1cccc(C(=O)Nc3ccc(Cl)c4ccccc34)c1)n2C1CCCCC1. The van der Waals surface area contributed by atoms with Crippen LogP contribution in [0.15, 0.2) is 78.9 Å². The molecule has 0 radical (unpaired) electrons. The number of fused-ring (bicyclic) bond motifs is 2. The van der Waals surface area contributed by atoms with Crippen LogP contribution in [0.5, 0.6) is 0 Å². The van der Waals surface area contributed by atoms with Gasteiger partial charge in [0.25, 0.3) is 5.91 Å². The van der Waals surface area contributed by atoms with Crippen LogP contribution in [0.4, 0.5) is 5.69 Å². The number of carboxylic acid groups (broad SMARTS) is 1. The van der Waals surface area contributed by atoms with E-state index in [0.717, 1.165) is 53.4 Å². The van der Waals surface area contributed by atoms with E-state index in [2.05, 4.69) is 9.88 Å². The van der Waals surface area contributed by atoms with Crippen LogP contribution in [-0.2, 0) is 0 Å². The third-order valence-corrected chi connectivity index (χ3v) is 7.71. The molecule has 1 amide bonds. The number of carbonyl (C=O) groups excluding carboxylic acids is 1. The summed E-state index contributed by atoms with van der Waals surface area (Å²) in [5.41, 5.74) is 3.79. The summed E-state index contributed by atoms with van der Waals surface area (Å²) in [5, 5.41) is 14.9. The molecule has 4 aromatic carbocycles. The highest BCUT2D eigenvalue weighted by Gasteiger charge is 2.23. The highest BCUT2D eigenvalue weighted by molar-refractivity contribution is 6.36. The molecule has 1 aliphatic carbocycles. The summed E-state index contributed by atoms with van der Waals surface area (Å²) in [6.45, 7) is 0. The van der Waals surface area contributed by atoms with Crippen LogP contribution in [0.3, 0.4) is 0 Å². The van der Waals surface area contributed by atoms with E-state index in [1.807, 2.05) is 54.6 Å². The number of hydrogen-bond acceptors (Lipinski definition) is 3. The highest BCUT2D eigenvalue weighted by Crippen LogP contribution is 2.36. The molecule has 0 bridgehead atoms. The predicted molar refractivity (Wildman–Crippen MR) is 151 cm³/mol. The van der Waals surface area contributed by atoms with Crippen LogP contribution < -0.4 is 5.32 Å². The van der Waals surface area contributed by atoms with Crippen LogP contribution in [0.2, 0.25) is 5.02 Å². The molecule has 6 rings (SSSR count). The summed E-state index contributed by atoms with van der Waals surface area (Å²) in [5.74, 6) is -0.456. The average Bonchev–Trinajstić information content (AvgIpc) is 3.34. The van der Waals surface area contributed by atoms with E-state index in [1.165, 1.54) is 6.42 Å². The van der Waals surface area contributed by atoms with Crippen molar-refractivity contribution in [2.75, 3.05) is 5.32 Å². The molecule has 38 heavy (non-hydrogen) atoms. The molecule has 1 aromatic heterocycles. The van der Waals surface area contributed by atoms with Crippen LogP contribution in [0.25, 0.3) is 33.2 Å². The Kier molecular flexibility index (Phi) is 6.34. The third kappa shape index (κ3) is 4.41. The van der Waals surface area contributed by atoms with Gasteiger partial charge in [0, 0.05) is 38.7 Å². The number of carbonyl (C=O) groups is 2. The maximum atomic E-state index is 13.4. The van der Waals surface area contributed by atoms with Gasteiger partial charge in [0.2, 0.25) is 0 Å². The van der Waals surface area contributed by atoms with Gasteiger partial charge in [-0.1, -0.05) is 67.3 Å². The zero-order valence-corrected chi connectivity index (χ0v) is 21.4. The number of halogens is 1. The number of hydrogen-bond donors (Lipinski definition) is 2. The Morgan fingerprint density at radius 3 is 2.45 bits per heavy atom. The lowest BCUT2D eigenvalue weighted by atomic mass is 9.94. The molecule has 190 valence electrons. The quantitative estimate of drug-likeness (QED) is 0.244. The normalized spacial score (nSPS) is 14.1. The molecular formula is C31H26ClN3O3. The second-order valence-electron chi connectivity index (χ2n) is 9.78. The Labute approximate surface area is 224 Å². The van der Waals surface area contributed by atoms with E-state index < -0.39 is 5.97 Å². The number of rotatable bonds is 5. The van der Waals surface area contributed by atoms with E-state index in [1.54, 1.807) is 24.3 Å². The monoisotopic (exact) mass is 523 g/mol. The summed E-state index contributed by atoms with van der Waals surface area (Å²) in [4.78, 5) is 29.8. The molecule has 0 aliphatic heterocycles. The molecule has 0 atom stereocenters. The standard InChI is InChI=1S/C31H26ClN3O3/c32-25-14-15-26(24-12-5-4-11-23(24)25)34-30(36)20-8-6-7-19(17-20)29-33-27-18-21(31(37)38)13-16-28(27)35(29)22-9-2-1-3-10-22/h4-8,11-18,22H,1-3,9-10H2,(H,34,36)(H,37,38). The van der Waals surface area contributed by atoms with Gasteiger partial charge in [-0.3, -0.25) is 4.79 Å². The topological polar surface area (TPSA) is 84.2 Å². The first-order valence-electron chi connectivity index (χ1n) is 12.8. The molecule has 0 saturated heterocycles. The minimum absolute atomic E-state index is 0.209. The fourth-order valence-electron chi connectivity index (χ4n) is 5.51. The van der Waals surface area contributed by atoms with Gasteiger partial charge < -0.3 is 15.0 Å². The van der Waals surface area contributed by atoms with Gasteiger partial charge >= 0.3 is 5.97 Å². The molecule has 1 fully saturated rings. The van der Waals surface area contributed by atoms with Crippen molar-refractivity contribution in [3.63, 3.8) is 0 Å². The number of nitrogens with one attached hydrogen (secondary N) is 1. The summed E-state index contributed by atoms with van der Waals surface area (Å²) in [6.07, 6.45) is 5.60. The van der Waals surface area contributed by atoms with Crippen molar-refractivity contribution in [3.8, 4) is 11.4 Å². The van der Waals surface area contributed by atoms with E-state index in [0.29, 0.717) is 21.8 Å². The number of nitrogens with zero attached hydrogens (tertiary/aromatic N) is 2. The van der Waals surface area contributed by atoms with E-state index in [-0.39, 0.29) is 17.5 Å². The number of anilines is 1. The second kappa shape index (κ2) is 9.95. The van der Waals surface area contributed by atoms with Gasteiger partial charge in [-0.2, -0.15) is 0 Å². The smallest absolute Gasteiger partial charge is 0.335 e. The van der Waals surface area contributed by atoms with E-state index >= 15 is 0 Å². The first kappa shape index (κ1) is 24.2. The van der Waals surface area contributed by atoms with Crippen molar-refractivity contribution in [1.82, 2.24) is 9.55 Å². The Balaban J connectivity index is 1.40. The first-order valence-corrected chi connectivity index (χ1v) is 13.2. The van der Waals surface area contributed by atoms with Crippen LogP contribution in [0, 0.1) is 0 Å². The highest BCUT2D eigenvalue weighted by atomic mass is 35.5. The molecule has 6 nitrogen and oxygen atoms in total. The van der Waals surface area contributed by atoms with Crippen molar-refractivity contribution in [2.24, 2.45) is 0 Å². The Morgan fingerprint density at radius 2 is 1.66 bits per heavy atom. The fraction of sp³-hybridized carbons (Fsp3) is 0.194. The molecule has 7 heteroatoms. The summed E-state index contributed by atoms with van der Waals surface area (Å²) in [6, 6.07) is 24.1. The lowest BCUT2D eigenvalue weighted by molar-refractivity contribution is 0.0696. The van der Waals surface area contributed by atoms with Gasteiger partial charge in [-0.15, -0.1) is 0 Å². The van der Waals surface area contributed by atoms with Gasteiger partial charge in [-0.25, -0.2) is 9.78 Å². The zero-order chi connectivity index (χ0) is 26.2. The largest absolute Gasteiger partial charge is 0.478 e. The number of aromatic nitrogens is 2. The third-order valence-electron chi connectivity index (χ3n) is 7.38. The minimum atomic E-state index is -0.978. The second-order valence-corrected chi connectivity index (χ2v) is 10.2. The summed E-state index contributed by atoms with van der Waals surface area (Å²) < 4.78 is 2.24. The summed E-state index contributed by atoms with van der Waals surface area (Å²) >= 11 is 6.36. The molecular weight excluding hydrogens is 498 g/mol. The van der Waals surface area contributed by atoms with E-state index in [4.69, 9.17) is 16.6 Å². The Morgan fingerprint density at radius 1 is 0.868 bits per heavy atom. The van der Waals surface area contributed by atoms with Crippen LogP contribution >= 0.6 is 11.6 Å². The number of carboxylic acids is 1. The molecule has 0 spiro atoms. The predicted octanol–water partition coefficient (Wildman–Crippen LogP) is 7.97. The van der Waals surface area contributed by atoms with Gasteiger partial charge in [0.15, 0.2) is 0 Å². The molecule has 5 aromatic rings. The van der Waals surface area contributed by atoms with Gasteiger partial charge in [-0.05, 0) is 55.3 Å². The van der Waals surface area contributed by atoms with Gasteiger partial charge in [0.05, 0.1) is 16.6 Å². The van der Waals surface area contributed by atoms with Crippen LogP contribution in [0.1, 0.15) is 58.9 Å². The molecule has 0 unspecified atom stereocenters. The number of aromatic carboxylic acids is 1. The number of benzene rings is 4. The van der Waals surface area contributed by atoms with Crippen molar-refractivity contribution in [2.45, 2.75) is 38.1 Å². The lowest BCUT2D eigenvalue weighted by Gasteiger charge is -2.25. The number of amides is 1. The zero-order valence-electron chi connectivity index (χ0n) is 20.7. The van der Waals surface area contributed by atoms with Crippen molar-refractivity contribution in [1.29, 1.82) is 0 Å². The lowest BCUT2D eigenvalue weighted by Crippen LogP contribution is -2.15.